The molecule has 1 N–H and O–H groups in total. The molecule has 3 atom stereocenters. The highest BCUT2D eigenvalue weighted by Crippen LogP contribution is 2.50. The Balaban J connectivity index is 1.89. The van der Waals surface area contributed by atoms with Crippen LogP contribution in [-0.2, 0) is 0 Å². The third-order valence-electron chi connectivity index (χ3n) is 4.49. The van der Waals surface area contributed by atoms with Crippen LogP contribution < -0.4 is 4.74 Å². The summed E-state index contributed by atoms with van der Waals surface area (Å²) in [5.41, 5.74) is -0.683. The van der Waals surface area contributed by atoms with Gasteiger partial charge in [-0.2, -0.15) is 13.2 Å². The number of aliphatic hydroxyl groups is 1. The lowest BCUT2D eigenvalue weighted by molar-refractivity contribution is -0.201. The number of aliphatic hydroxyl groups excluding tert-OH is 1. The molecule has 1 saturated carbocycles. The number of hydrogen-bond donors (Lipinski definition) is 1. The Morgan fingerprint density at radius 3 is 2.71 bits per heavy atom. The minimum Gasteiger partial charge on any atom is -0.487 e. The number of benzene rings is 1. The zero-order valence-electron chi connectivity index (χ0n) is 11.3. The van der Waals surface area contributed by atoms with Gasteiger partial charge in [-0.3, -0.25) is 0 Å². The molecular formula is C15H16F4O2. The van der Waals surface area contributed by atoms with Gasteiger partial charge in [0.1, 0.15) is 17.2 Å². The highest BCUT2D eigenvalue weighted by atomic mass is 19.4. The van der Waals surface area contributed by atoms with Gasteiger partial charge >= 0.3 is 6.18 Å². The number of hydrogen-bond acceptors (Lipinski definition) is 2. The molecule has 0 radical (unpaired) electrons. The van der Waals surface area contributed by atoms with Crippen LogP contribution in [-0.4, -0.2) is 16.9 Å². The monoisotopic (exact) mass is 304 g/mol. The maximum absolute atomic E-state index is 13.2. The van der Waals surface area contributed by atoms with Gasteiger partial charge in [0.2, 0.25) is 0 Å². The summed E-state index contributed by atoms with van der Waals surface area (Å²) in [5, 5.41) is 10.2. The maximum atomic E-state index is 13.2. The standard InChI is InChI=1S/C15H16F4O2/c16-10-3-4-13-11(6-10)12(20)8-14(21-13)5-1-2-9(7-14)15(17,18)19/h3-4,6,9,12,20H,1-2,5,7-8H2/t9?,12-,14?/m0/s1. The molecule has 1 aliphatic heterocycles. The molecule has 1 aromatic rings. The number of halogens is 4. The highest BCUT2D eigenvalue weighted by molar-refractivity contribution is 5.38. The van der Waals surface area contributed by atoms with Gasteiger partial charge < -0.3 is 9.84 Å². The van der Waals surface area contributed by atoms with E-state index < -0.39 is 29.6 Å². The molecule has 1 spiro atoms. The molecule has 1 aliphatic carbocycles. The molecule has 0 saturated heterocycles. The molecule has 0 bridgehead atoms. The first kappa shape index (κ1) is 14.6. The Hall–Kier alpha value is -1.30. The van der Waals surface area contributed by atoms with E-state index in [1.54, 1.807) is 0 Å². The van der Waals surface area contributed by atoms with Crippen molar-refractivity contribution in [3.63, 3.8) is 0 Å². The first-order chi connectivity index (χ1) is 9.79. The molecule has 1 heterocycles. The van der Waals surface area contributed by atoms with Gasteiger partial charge in [0.25, 0.3) is 0 Å². The molecule has 1 fully saturated rings. The molecule has 2 aliphatic rings. The zero-order chi connectivity index (χ0) is 15.3. The largest absolute Gasteiger partial charge is 0.487 e. The molecule has 0 amide bonds. The van der Waals surface area contributed by atoms with E-state index in [1.165, 1.54) is 18.2 Å². The smallest absolute Gasteiger partial charge is 0.391 e. The minimum absolute atomic E-state index is 0.0794. The maximum Gasteiger partial charge on any atom is 0.391 e. The van der Waals surface area contributed by atoms with Crippen molar-refractivity contribution in [3.8, 4) is 5.75 Å². The third kappa shape index (κ3) is 2.73. The predicted octanol–water partition coefficient (Wildman–Crippen LogP) is 4.13. The van der Waals surface area contributed by atoms with Crippen molar-refractivity contribution in [2.24, 2.45) is 5.92 Å². The van der Waals surface area contributed by atoms with Crippen LogP contribution in [0.4, 0.5) is 17.6 Å². The molecule has 2 nitrogen and oxygen atoms in total. The third-order valence-corrected chi connectivity index (χ3v) is 4.49. The van der Waals surface area contributed by atoms with Crippen LogP contribution in [0, 0.1) is 11.7 Å². The average Bonchev–Trinajstić information content (AvgIpc) is 2.39. The van der Waals surface area contributed by atoms with E-state index in [-0.39, 0.29) is 25.0 Å². The van der Waals surface area contributed by atoms with Crippen LogP contribution in [0.1, 0.15) is 43.8 Å². The topological polar surface area (TPSA) is 29.5 Å². The van der Waals surface area contributed by atoms with Crippen molar-refractivity contribution in [2.75, 3.05) is 0 Å². The van der Waals surface area contributed by atoms with Gasteiger partial charge in [-0.15, -0.1) is 0 Å². The fourth-order valence-corrected chi connectivity index (χ4v) is 3.49. The van der Waals surface area contributed by atoms with E-state index in [9.17, 15) is 22.7 Å². The SMILES string of the molecule is O[C@H]1CC2(CCCC(C(F)(F)F)C2)Oc2ccc(F)cc21. The van der Waals surface area contributed by atoms with E-state index in [2.05, 4.69) is 0 Å². The Morgan fingerprint density at radius 2 is 2.00 bits per heavy atom. The van der Waals surface area contributed by atoms with E-state index in [0.717, 1.165) is 0 Å². The molecule has 3 rings (SSSR count). The number of ether oxygens (including phenoxy) is 1. The Labute approximate surface area is 119 Å². The Kier molecular flexibility index (Phi) is 3.39. The van der Waals surface area contributed by atoms with Crippen LogP contribution in [0.3, 0.4) is 0 Å². The molecule has 0 aromatic heterocycles. The van der Waals surface area contributed by atoms with Crippen molar-refractivity contribution in [1.82, 2.24) is 0 Å². The molecule has 21 heavy (non-hydrogen) atoms. The molecule has 6 heteroatoms. The lowest BCUT2D eigenvalue weighted by atomic mass is 9.73. The summed E-state index contributed by atoms with van der Waals surface area (Å²) in [6, 6.07) is 3.75. The normalized spacial score (nSPS) is 32.6. The number of fused-ring (bicyclic) bond motifs is 1. The quantitative estimate of drug-likeness (QED) is 0.730. The van der Waals surface area contributed by atoms with Crippen molar-refractivity contribution < 1.29 is 27.4 Å². The van der Waals surface area contributed by atoms with Gasteiger partial charge in [0.15, 0.2) is 0 Å². The molecular weight excluding hydrogens is 288 g/mol. The van der Waals surface area contributed by atoms with Crippen molar-refractivity contribution >= 4 is 0 Å². The number of rotatable bonds is 0. The summed E-state index contributed by atoms with van der Waals surface area (Å²) >= 11 is 0. The average molecular weight is 304 g/mol. The van der Waals surface area contributed by atoms with Crippen LogP contribution in [0.5, 0.6) is 5.75 Å². The number of alkyl halides is 3. The Morgan fingerprint density at radius 1 is 1.24 bits per heavy atom. The van der Waals surface area contributed by atoms with Gasteiger partial charge in [-0.1, -0.05) is 0 Å². The fourth-order valence-electron chi connectivity index (χ4n) is 3.49. The molecule has 116 valence electrons. The first-order valence-electron chi connectivity index (χ1n) is 7.02. The minimum atomic E-state index is -4.25. The zero-order valence-corrected chi connectivity index (χ0v) is 11.3. The van der Waals surface area contributed by atoms with Crippen molar-refractivity contribution in [3.05, 3.63) is 29.6 Å². The van der Waals surface area contributed by atoms with Gasteiger partial charge in [0, 0.05) is 12.0 Å². The second-order valence-electron chi connectivity index (χ2n) is 6.02. The highest BCUT2D eigenvalue weighted by Gasteiger charge is 2.51. The van der Waals surface area contributed by atoms with E-state index >= 15 is 0 Å². The summed E-state index contributed by atoms with van der Waals surface area (Å²) in [5.74, 6) is -1.61. The lowest BCUT2D eigenvalue weighted by Crippen LogP contribution is -2.47. The van der Waals surface area contributed by atoms with Gasteiger partial charge in [-0.25, -0.2) is 4.39 Å². The van der Waals surface area contributed by atoms with Crippen LogP contribution in [0.15, 0.2) is 18.2 Å². The Bertz CT molecular complexity index is 543. The lowest BCUT2D eigenvalue weighted by Gasteiger charge is -2.45. The molecule has 2 unspecified atom stereocenters. The van der Waals surface area contributed by atoms with Crippen LogP contribution >= 0.6 is 0 Å². The van der Waals surface area contributed by atoms with Gasteiger partial charge in [-0.05, 0) is 43.9 Å². The first-order valence-corrected chi connectivity index (χ1v) is 7.02. The second kappa shape index (κ2) is 4.87. The van der Waals surface area contributed by atoms with Crippen molar-refractivity contribution in [1.29, 1.82) is 0 Å². The molecule has 1 aromatic carbocycles. The van der Waals surface area contributed by atoms with Crippen LogP contribution in [0.2, 0.25) is 0 Å². The summed E-state index contributed by atoms with van der Waals surface area (Å²) in [4.78, 5) is 0. The van der Waals surface area contributed by atoms with Gasteiger partial charge in [0.05, 0.1) is 12.0 Å². The summed E-state index contributed by atoms with van der Waals surface area (Å²) in [6.45, 7) is 0. The summed E-state index contributed by atoms with van der Waals surface area (Å²) < 4.78 is 57.9. The van der Waals surface area contributed by atoms with Crippen LogP contribution in [0.25, 0.3) is 0 Å². The van der Waals surface area contributed by atoms with E-state index in [4.69, 9.17) is 4.74 Å². The van der Waals surface area contributed by atoms with E-state index in [0.29, 0.717) is 18.4 Å². The van der Waals surface area contributed by atoms with Crippen molar-refractivity contribution in [2.45, 2.75) is 50.0 Å². The fraction of sp³-hybridized carbons (Fsp3) is 0.600. The summed E-state index contributed by atoms with van der Waals surface area (Å²) in [6.07, 6.45) is -4.32. The predicted molar refractivity (Wildman–Crippen MR) is 67.3 cm³/mol. The summed E-state index contributed by atoms with van der Waals surface area (Å²) in [7, 11) is 0. The van der Waals surface area contributed by atoms with E-state index in [1.807, 2.05) is 0 Å². The second-order valence-corrected chi connectivity index (χ2v) is 6.02.